The van der Waals surface area contributed by atoms with Gasteiger partial charge in [0.1, 0.15) is 6.61 Å². The van der Waals surface area contributed by atoms with Crippen molar-refractivity contribution in [3.05, 3.63) is 46.5 Å². The molecule has 3 unspecified atom stereocenters. The van der Waals surface area contributed by atoms with E-state index in [1.165, 1.54) is 12.8 Å². The first-order valence-corrected chi connectivity index (χ1v) is 17.8. The smallest absolute Gasteiger partial charge is 0.313 e. The molecule has 0 spiro atoms. The molecule has 45 heavy (non-hydrogen) atoms. The molecule has 1 aromatic carbocycles. The van der Waals surface area contributed by atoms with Crippen LogP contribution in [0.1, 0.15) is 112 Å². The number of hydrogen-bond donors (Lipinski definition) is 2. The van der Waals surface area contributed by atoms with Crippen LogP contribution in [0.15, 0.2) is 46.1 Å². The molecule has 0 aliphatic heterocycles. The van der Waals surface area contributed by atoms with Gasteiger partial charge in [-0.3, -0.25) is 4.79 Å². The quantitative estimate of drug-likeness (QED) is 0.114. The maximum absolute atomic E-state index is 14.3. The second-order valence-corrected chi connectivity index (χ2v) is 17.2. The van der Waals surface area contributed by atoms with Crippen molar-refractivity contribution in [2.75, 3.05) is 0 Å². The van der Waals surface area contributed by atoms with Crippen LogP contribution in [0.4, 0.5) is 0 Å². The van der Waals surface area contributed by atoms with Gasteiger partial charge in [0, 0.05) is 16.1 Å². The Morgan fingerprint density at radius 1 is 1.00 bits per heavy atom. The fourth-order valence-corrected chi connectivity index (χ4v) is 12.1. The van der Waals surface area contributed by atoms with Crippen molar-refractivity contribution in [3.8, 4) is 0 Å². The number of hydrogen-bond acceptors (Lipinski definition) is 4. The van der Waals surface area contributed by atoms with E-state index in [1.54, 1.807) is 5.57 Å². The molecule has 5 aliphatic rings. The van der Waals surface area contributed by atoms with Gasteiger partial charge in [-0.1, -0.05) is 83.8 Å². The summed E-state index contributed by atoms with van der Waals surface area (Å²) in [4.78, 5) is 14.3. The maximum atomic E-state index is 14.3. The summed E-state index contributed by atoms with van der Waals surface area (Å²) in [6.07, 6.45) is 12.0. The third kappa shape index (κ3) is 4.81. The molecular formula is C38H55ClN4O2. The van der Waals surface area contributed by atoms with E-state index in [2.05, 4.69) is 64.7 Å². The van der Waals surface area contributed by atoms with E-state index in [0.717, 1.165) is 56.2 Å². The molecule has 6 nitrogen and oxygen atoms in total. The van der Waals surface area contributed by atoms with Crippen molar-refractivity contribution in [2.45, 2.75) is 113 Å². The molecule has 5 aliphatic carbocycles. The average molecular weight is 635 g/mol. The minimum absolute atomic E-state index is 0.00116. The van der Waals surface area contributed by atoms with Crippen LogP contribution in [0.5, 0.6) is 0 Å². The Hall–Kier alpha value is -2.34. The van der Waals surface area contributed by atoms with Gasteiger partial charge in [-0.25, -0.2) is 0 Å². The monoisotopic (exact) mass is 634 g/mol. The summed E-state index contributed by atoms with van der Waals surface area (Å²) in [7, 11) is 0. The van der Waals surface area contributed by atoms with Gasteiger partial charge in [0.2, 0.25) is 5.96 Å². The first-order chi connectivity index (χ1) is 21.1. The molecule has 0 saturated heterocycles. The number of nitrogens with zero attached hydrogens (tertiary/aromatic N) is 2. The normalized spacial score (nSPS) is 42.7. The van der Waals surface area contributed by atoms with Crippen molar-refractivity contribution in [1.29, 1.82) is 0 Å². The van der Waals surface area contributed by atoms with Crippen molar-refractivity contribution >= 4 is 29.2 Å². The number of benzene rings is 1. The minimum Gasteiger partial charge on any atom is -0.460 e. The van der Waals surface area contributed by atoms with Gasteiger partial charge in [-0.15, -0.1) is 5.10 Å². The summed E-state index contributed by atoms with van der Waals surface area (Å²) >= 11 is 6.25. The number of halogens is 1. The van der Waals surface area contributed by atoms with Crippen LogP contribution in [0.25, 0.3) is 0 Å². The Morgan fingerprint density at radius 2 is 1.76 bits per heavy atom. The van der Waals surface area contributed by atoms with Gasteiger partial charge in [0.25, 0.3) is 0 Å². The SMILES string of the molecule is C[C@@H]1CC[C@]2(C(=O)OCc3cccc(Cl)c3)CC[C@]3(C)C(=CCC4[C@@]5(C)CC/C(=N\N=C(N)N)C(C)(C)C5CC[C@]43C)C2[C@H]1C. The summed E-state index contributed by atoms with van der Waals surface area (Å²) in [6, 6.07) is 7.67. The Labute approximate surface area is 275 Å². The number of esters is 1. The predicted octanol–water partition coefficient (Wildman–Crippen LogP) is 8.67. The van der Waals surface area contributed by atoms with Crippen molar-refractivity contribution in [3.63, 3.8) is 0 Å². The highest BCUT2D eigenvalue weighted by atomic mass is 35.5. The third-order valence-corrected chi connectivity index (χ3v) is 15.0. The number of guanidine groups is 1. The molecule has 0 amide bonds. The van der Waals surface area contributed by atoms with Gasteiger partial charge in [0.15, 0.2) is 0 Å². The number of rotatable bonds is 4. The van der Waals surface area contributed by atoms with Gasteiger partial charge in [-0.2, -0.15) is 5.10 Å². The average Bonchev–Trinajstić information content (AvgIpc) is 2.97. The van der Waals surface area contributed by atoms with Crippen molar-refractivity contribution < 1.29 is 9.53 Å². The predicted molar refractivity (Wildman–Crippen MR) is 183 cm³/mol. The molecule has 246 valence electrons. The molecule has 4 saturated carbocycles. The van der Waals surface area contributed by atoms with Crippen molar-refractivity contribution in [1.82, 2.24) is 0 Å². The number of ether oxygens (including phenoxy) is 1. The van der Waals surface area contributed by atoms with Crippen LogP contribution in [-0.2, 0) is 16.1 Å². The summed E-state index contributed by atoms with van der Waals surface area (Å²) in [5, 5.41) is 9.32. The molecule has 0 aromatic heterocycles. The van der Waals surface area contributed by atoms with E-state index < -0.39 is 5.41 Å². The Morgan fingerprint density at radius 3 is 2.47 bits per heavy atom. The molecule has 0 heterocycles. The van der Waals surface area contributed by atoms with Crippen LogP contribution in [-0.4, -0.2) is 17.6 Å². The number of nitrogens with two attached hydrogens (primary N) is 2. The standard InChI is InChI=1S/C38H55ClN4O2/c1-23-13-18-38(32(44)45-22-25-9-8-10-26(39)21-25)20-19-36(6)27(31(38)24(23)2)11-12-29-35(5)16-15-30(42-43-33(40)41)34(3,4)28(35)14-17-37(29,36)7/h8-11,21,23-24,28-29,31H,12-20,22H2,1-7H3,(H4,40,41,43)/b42-30+/t23-,24+,28?,29?,31?,35+,36-,37-,38+/m1/s1. The first kappa shape index (κ1) is 32.6. The molecule has 0 radical (unpaired) electrons. The molecule has 0 bridgehead atoms. The molecule has 1 aromatic rings. The zero-order valence-corrected chi connectivity index (χ0v) is 29.3. The van der Waals surface area contributed by atoms with Gasteiger partial charge in [0.05, 0.1) is 5.41 Å². The lowest BCUT2D eigenvalue weighted by atomic mass is 9.33. The van der Waals surface area contributed by atoms with Crippen LogP contribution in [0.2, 0.25) is 5.02 Å². The second-order valence-electron chi connectivity index (χ2n) is 16.8. The highest BCUT2D eigenvalue weighted by Gasteiger charge is 2.69. The van der Waals surface area contributed by atoms with E-state index in [1.807, 2.05) is 24.3 Å². The zero-order valence-electron chi connectivity index (χ0n) is 28.6. The fourth-order valence-electron chi connectivity index (χ4n) is 11.9. The topological polar surface area (TPSA) is 103 Å². The molecular weight excluding hydrogens is 580 g/mol. The van der Waals surface area contributed by atoms with Gasteiger partial charge >= 0.3 is 5.97 Å². The molecule has 7 heteroatoms. The summed E-state index contributed by atoms with van der Waals surface area (Å²) in [5.41, 5.74) is 14.8. The van der Waals surface area contributed by atoms with E-state index >= 15 is 0 Å². The van der Waals surface area contributed by atoms with E-state index in [4.69, 9.17) is 27.8 Å². The number of fused-ring (bicyclic) bond motifs is 7. The van der Waals surface area contributed by atoms with Crippen LogP contribution >= 0.6 is 11.6 Å². The number of carbonyl (C=O) groups is 1. The lowest BCUT2D eigenvalue weighted by molar-refractivity contribution is -0.185. The third-order valence-electron chi connectivity index (χ3n) is 14.7. The highest BCUT2D eigenvalue weighted by Crippen LogP contribution is 2.75. The Balaban J connectivity index is 1.35. The van der Waals surface area contributed by atoms with Gasteiger partial charge < -0.3 is 16.2 Å². The minimum atomic E-state index is -0.455. The molecule has 4 N–H and O–H groups in total. The van der Waals surface area contributed by atoms with Crippen LogP contribution in [0, 0.1) is 56.7 Å². The molecule has 6 rings (SSSR count). The Bertz CT molecular complexity index is 1450. The Kier molecular flexibility index (Phi) is 8.06. The maximum Gasteiger partial charge on any atom is 0.313 e. The van der Waals surface area contributed by atoms with Gasteiger partial charge in [-0.05, 0) is 121 Å². The van der Waals surface area contributed by atoms with Crippen molar-refractivity contribution in [2.24, 2.45) is 78.3 Å². The summed E-state index contributed by atoms with van der Waals surface area (Å²) in [5.74, 6) is 2.33. The number of carbonyl (C=O) groups excluding carboxylic acids is 1. The van der Waals surface area contributed by atoms with E-state index in [-0.39, 0.29) is 46.1 Å². The second kappa shape index (κ2) is 11.1. The van der Waals surface area contributed by atoms with Crippen LogP contribution in [0.3, 0.4) is 0 Å². The number of allylic oxidation sites excluding steroid dienone is 2. The first-order valence-electron chi connectivity index (χ1n) is 17.4. The van der Waals surface area contributed by atoms with Crippen LogP contribution < -0.4 is 11.5 Å². The largest absolute Gasteiger partial charge is 0.460 e. The fraction of sp³-hybridized carbons (Fsp3) is 0.711. The lowest BCUT2D eigenvalue weighted by Crippen LogP contribution is -2.65. The highest BCUT2D eigenvalue weighted by molar-refractivity contribution is 6.30. The van der Waals surface area contributed by atoms with E-state index in [9.17, 15) is 4.79 Å². The summed E-state index contributed by atoms with van der Waals surface area (Å²) in [6.45, 7) is 17.6. The zero-order chi connectivity index (χ0) is 32.6. The lowest BCUT2D eigenvalue weighted by Gasteiger charge is -2.71. The van der Waals surface area contributed by atoms with E-state index in [0.29, 0.717) is 28.7 Å². The summed E-state index contributed by atoms with van der Waals surface area (Å²) < 4.78 is 6.20. The molecule has 9 atom stereocenters. The molecule has 4 fully saturated rings.